The summed E-state index contributed by atoms with van der Waals surface area (Å²) in [6, 6.07) is 8.25. The number of fused-ring (bicyclic) bond motifs is 1. The molecule has 118 valence electrons. The molecule has 2 heterocycles. The average molecular weight is 315 g/mol. The SMILES string of the molecule is Cc1occc1C(=O)NNC(=O)Cn1c(=O)oc2ccccc21. The van der Waals surface area contributed by atoms with E-state index in [1.807, 2.05) is 0 Å². The molecule has 0 fully saturated rings. The van der Waals surface area contributed by atoms with Crippen molar-refractivity contribution >= 4 is 22.9 Å². The van der Waals surface area contributed by atoms with E-state index in [1.54, 1.807) is 31.2 Å². The summed E-state index contributed by atoms with van der Waals surface area (Å²) in [5, 5.41) is 0. The van der Waals surface area contributed by atoms with E-state index in [9.17, 15) is 14.4 Å². The minimum absolute atomic E-state index is 0.277. The number of nitrogens with zero attached hydrogens (tertiary/aromatic N) is 1. The number of furan rings is 1. The van der Waals surface area contributed by atoms with Crippen molar-refractivity contribution in [2.75, 3.05) is 0 Å². The van der Waals surface area contributed by atoms with Crippen molar-refractivity contribution < 1.29 is 18.4 Å². The fourth-order valence-electron chi connectivity index (χ4n) is 2.16. The molecule has 0 atom stereocenters. The van der Waals surface area contributed by atoms with Crippen molar-refractivity contribution in [1.29, 1.82) is 0 Å². The predicted molar refractivity (Wildman–Crippen MR) is 79.5 cm³/mol. The molecule has 3 rings (SSSR count). The number of nitrogens with one attached hydrogen (secondary N) is 2. The number of aromatic nitrogens is 1. The molecule has 0 bridgehead atoms. The zero-order valence-electron chi connectivity index (χ0n) is 12.2. The van der Waals surface area contributed by atoms with E-state index in [0.717, 1.165) is 0 Å². The van der Waals surface area contributed by atoms with Gasteiger partial charge in [0.25, 0.3) is 11.8 Å². The molecule has 2 aromatic heterocycles. The quantitative estimate of drug-likeness (QED) is 0.700. The van der Waals surface area contributed by atoms with Gasteiger partial charge in [-0.2, -0.15) is 0 Å². The highest BCUT2D eigenvalue weighted by molar-refractivity contribution is 5.96. The van der Waals surface area contributed by atoms with Crippen LogP contribution in [0, 0.1) is 6.92 Å². The Labute approximate surface area is 129 Å². The summed E-state index contributed by atoms with van der Waals surface area (Å²) in [5.74, 6) is -1.27. The van der Waals surface area contributed by atoms with Gasteiger partial charge >= 0.3 is 5.76 Å². The lowest BCUT2D eigenvalue weighted by Gasteiger charge is -2.07. The number of hydrogen-bond acceptors (Lipinski definition) is 5. The number of para-hydroxylation sites is 2. The van der Waals surface area contributed by atoms with Crippen LogP contribution in [0.3, 0.4) is 0 Å². The molecule has 23 heavy (non-hydrogen) atoms. The van der Waals surface area contributed by atoms with Gasteiger partial charge in [0.15, 0.2) is 5.58 Å². The third-order valence-corrected chi connectivity index (χ3v) is 3.29. The van der Waals surface area contributed by atoms with E-state index >= 15 is 0 Å². The Morgan fingerprint density at radius 2 is 1.96 bits per heavy atom. The molecule has 0 aliphatic heterocycles. The lowest BCUT2D eigenvalue weighted by molar-refractivity contribution is -0.122. The Morgan fingerprint density at radius 1 is 1.17 bits per heavy atom. The first-order valence-electron chi connectivity index (χ1n) is 6.78. The van der Waals surface area contributed by atoms with Crippen molar-refractivity contribution in [3.8, 4) is 0 Å². The van der Waals surface area contributed by atoms with Gasteiger partial charge in [0.1, 0.15) is 12.3 Å². The van der Waals surface area contributed by atoms with E-state index in [4.69, 9.17) is 8.83 Å². The lowest BCUT2D eigenvalue weighted by atomic mass is 10.2. The van der Waals surface area contributed by atoms with Crippen molar-refractivity contribution in [3.63, 3.8) is 0 Å². The Morgan fingerprint density at radius 3 is 2.70 bits per heavy atom. The first-order chi connectivity index (χ1) is 11.1. The van der Waals surface area contributed by atoms with Gasteiger partial charge in [-0.3, -0.25) is 25.0 Å². The van der Waals surface area contributed by atoms with E-state index in [-0.39, 0.29) is 6.54 Å². The van der Waals surface area contributed by atoms with E-state index in [0.29, 0.717) is 22.4 Å². The Kier molecular flexibility index (Phi) is 3.71. The summed E-state index contributed by atoms with van der Waals surface area (Å²) in [6.45, 7) is 1.36. The summed E-state index contributed by atoms with van der Waals surface area (Å²) in [4.78, 5) is 35.5. The molecule has 2 N–H and O–H groups in total. The highest BCUT2D eigenvalue weighted by Crippen LogP contribution is 2.11. The minimum atomic E-state index is -0.640. The molecular formula is C15H13N3O5. The number of oxazole rings is 1. The molecule has 8 nitrogen and oxygen atoms in total. The molecule has 0 saturated carbocycles. The van der Waals surface area contributed by atoms with Gasteiger partial charge in [0.2, 0.25) is 0 Å². The molecule has 0 saturated heterocycles. The van der Waals surface area contributed by atoms with Crippen LogP contribution in [-0.4, -0.2) is 16.4 Å². The fraction of sp³-hybridized carbons (Fsp3) is 0.133. The van der Waals surface area contributed by atoms with Gasteiger partial charge in [0, 0.05) is 0 Å². The first-order valence-corrected chi connectivity index (χ1v) is 6.78. The molecule has 1 aromatic carbocycles. The molecule has 2 amide bonds. The second kappa shape index (κ2) is 5.84. The van der Waals surface area contributed by atoms with Crippen LogP contribution in [0.25, 0.3) is 11.1 Å². The molecule has 3 aromatic rings. The molecule has 0 spiro atoms. The second-order valence-corrected chi connectivity index (χ2v) is 4.81. The van der Waals surface area contributed by atoms with Crippen molar-refractivity contribution in [2.24, 2.45) is 0 Å². The zero-order chi connectivity index (χ0) is 16.4. The van der Waals surface area contributed by atoms with Gasteiger partial charge in [0.05, 0.1) is 17.3 Å². The molecule has 0 radical (unpaired) electrons. The zero-order valence-corrected chi connectivity index (χ0v) is 12.2. The van der Waals surface area contributed by atoms with Crippen LogP contribution in [-0.2, 0) is 11.3 Å². The van der Waals surface area contributed by atoms with Crippen LogP contribution in [0.5, 0.6) is 0 Å². The van der Waals surface area contributed by atoms with Crippen LogP contribution >= 0.6 is 0 Å². The monoisotopic (exact) mass is 315 g/mol. The molecule has 8 heteroatoms. The van der Waals surface area contributed by atoms with Gasteiger partial charge in [-0.15, -0.1) is 0 Å². The van der Waals surface area contributed by atoms with Crippen LogP contribution in [0.1, 0.15) is 16.1 Å². The summed E-state index contributed by atoms with van der Waals surface area (Å²) in [7, 11) is 0. The van der Waals surface area contributed by atoms with Gasteiger partial charge in [-0.25, -0.2) is 4.79 Å². The number of amides is 2. The van der Waals surface area contributed by atoms with Gasteiger partial charge in [-0.05, 0) is 25.1 Å². The van der Waals surface area contributed by atoms with Crippen LogP contribution in [0.15, 0.2) is 50.2 Å². The molecule has 0 unspecified atom stereocenters. The Hall–Kier alpha value is -3.29. The number of benzene rings is 1. The van der Waals surface area contributed by atoms with E-state index in [1.165, 1.54) is 16.9 Å². The highest BCUT2D eigenvalue weighted by atomic mass is 16.4. The van der Waals surface area contributed by atoms with E-state index in [2.05, 4.69) is 10.9 Å². The number of aryl methyl sites for hydroxylation is 1. The topological polar surface area (TPSA) is 106 Å². The number of hydrazine groups is 1. The summed E-state index contributed by atoms with van der Waals surface area (Å²) >= 11 is 0. The Balaban J connectivity index is 1.68. The van der Waals surface area contributed by atoms with Crippen LogP contribution < -0.4 is 16.6 Å². The third kappa shape index (κ3) is 2.86. The van der Waals surface area contributed by atoms with Crippen molar-refractivity contribution in [1.82, 2.24) is 15.4 Å². The predicted octanol–water partition coefficient (Wildman–Crippen LogP) is 0.957. The average Bonchev–Trinajstić information content (AvgIpc) is 3.09. The second-order valence-electron chi connectivity index (χ2n) is 4.81. The highest BCUT2D eigenvalue weighted by Gasteiger charge is 2.14. The first kappa shape index (κ1) is 14.6. The maximum atomic E-state index is 11.9. The largest absolute Gasteiger partial charge is 0.469 e. The fourth-order valence-corrected chi connectivity index (χ4v) is 2.16. The van der Waals surface area contributed by atoms with Crippen molar-refractivity contribution in [2.45, 2.75) is 13.5 Å². The number of carbonyl (C=O) groups is 2. The molecular weight excluding hydrogens is 302 g/mol. The normalized spacial score (nSPS) is 10.7. The van der Waals surface area contributed by atoms with Crippen LogP contribution in [0.2, 0.25) is 0 Å². The van der Waals surface area contributed by atoms with Crippen LogP contribution in [0.4, 0.5) is 0 Å². The maximum absolute atomic E-state index is 11.9. The maximum Gasteiger partial charge on any atom is 0.420 e. The minimum Gasteiger partial charge on any atom is -0.469 e. The number of carbonyl (C=O) groups excluding carboxylic acids is 2. The van der Waals surface area contributed by atoms with E-state index < -0.39 is 17.6 Å². The summed E-state index contributed by atoms with van der Waals surface area (Å²) < 4.78 is 11.2. The number of rotatable bonds is 3. The summed E-state index contributed by atoms with van der Waals surface area (Å²) in [6.07, 6.45) is 1.38. The third-order valence-electron chi connectivity index (χ3n) is 3.29. The van der Waals surface area contributed by atoms with Gasteiger partial charge < -0.3 is 8.83 Å². The number of hydrogen-bond donors (Lipinski definition) is 2. The molecule has 0 aliphatic carbocycles. The smallest absolute Gasteiger partial charge is 0.420 e. The molecule has 0 aliphatic rings. The lowest BCUT2D eigenvalue weighted by Crippen LogP contribution is -2.44. The van der Waals surface area contributed by atoms with Gasteiger partial charge in [-0.1, -0.05) is 12.1 Å². The van der Waals surface area contributed by atoms with Crippen molar-refractivity contribution in [3.05, 3.63) is 58.5 Å². The standard InChI is InChI=1S/C15H13N3O5/c1-9-10(6-7-22-9)14(20)17-16-13(19)8-18-11-4-2-3-5-12(11)23-15(18)21/h2-7H,8H2,1H3,(H,16,19)(H,17,20). The Bertz CT molecular complexity index is 934. The summed E-state index contributed by atoms with van der Waals surface area (Å²) in [5.41, 5.74) is 5.72.